The number of carbonyl (C=O) groups excluding carboxylic acids is 1. The molecule has 1 amide bonds. The molecule has 0 spiro atoms. The van der Waals surface area contributed by atoms with Crippen LogP contribution >= 0.6 is 0 Å². The molecule has 0 N–H and O–H groups in total. The average molecular weight is 372 g/mol. The van der Waals surface area contributed by atoms with Gasteiger partial charge in [0.15, 0.2) is 0 Å². The van der Waals surface area contributed by atoms with Crippen LogP contribution in [0.25, 0.3) is 0 Å². The molecule has 0 aromatic heterocycles. The number of rotatable bonds is 8. The summed E-state index contributed by atoms with van der Waals surface area (Å²) in [7, 11) is -1.93. The number of benzene rings is 1. The second-order valence-corrected chi connectivity index (χ2v) is 7.60. The third-order valence-electron chi connectivity index (χ3n) is 3.81. The first-order valence-corrected chi connectivity index (χ1v) is 9.82. The molecule has 8 nitrogen and oxygen atoms in total. The number of carbonyl (C=O) groups is 1. The van der Waals surface area contributed by atoms with Crippen LogP contribution in [0.3, 0.4) is 0 Å². The van der Waals surface area contributed by atoms with Crippen molar-refractivity contribution in [3.8, 4) is 11.5 Å². The minimum Gasteiger partial charge on any atom is -0.497 e. The number of morpholine rings is 1. The van der Waals surface area contributed by atoms with Gasteiger partial charge in [-0.3, -0.25) is 4.79 Å². The maximum atomic E-state index is 12.3. The molecule has 140 valence electrons. The molecule has 0 radical (unpaired) electrons. The van der Waals surface area contributed by atoms with Crippen molar-refractivity contribution in [2.45, 2.75) is 0 Å². The van der Waals surface area contributed by atoms with Gasteiger partial charge in [-0.15, -0.1) is 0 Å². The second kappa shape index (κ2) is 9.02. The Bertz CT molecular complexity index is 656. The van der Waals surface area contributed by atoms with Crippen molar-refractivity contribution in [2.24, 2.45) is 0 Å². The number of nitrogens with zero attached hydrogens (tertiary/aromatic N) is 2. The van der Waals surface area contributed by atoms with Gasteiger partial charge in [0.2, 0.25) is 15.9 Å². The molecule has 9 heteroatoms. The van der Waals surface area contributed by atoms with Crippen LogP contribution in [0.15, 0.2) is 24.3 Å². The molecule has 0 saturated carbocycles. The molecule has 1 aliphatic heterocycles. The lowest BCUT2D eigenvalue weighted by molar-refractivity contribution is -0.135. The minimum absolute atomic E-state index is 0.0982. The molecule has 1 heterocycles. The van der Waals surface area contributed by atoms with Crippen LogP contribution < -0.4 is 9.47 Å². The quantitative estimate of drug-likeness (QED) is 0.648. The minimum atomic E-state index is -3.51. The number of ether oxygens (including phenoxy) is 3. The van der Waals surface area contributed by atoms with Crippen molar-refractivity contribution in [1.29, 1.82) is 0 Å². The van der Waals surface area contributed by atoms with Crippen molar-refractivity contribution in [3.63, 3.8) is 0 Å². The summed E-state index contributed by atoms with van der Waals surface area (Å²) in [6.45, 7) is 1.98. The fraction of sp³-hybridized carbons (Fsp3) is 0.562. The zero-order valence-electron chi connectivity index (χ0n) is 14.5. The van der Waals surface area contributed by atoms with Crippen LogP contribution in [-0.2, 0) is 19.6 Å². The van der Waals surface area contributed by atoms with Crippen LogP contribution in [0, 0.1) is 0 Å². The molecule has 1 aromatic carbocycles. The van der Waals surface area contributed by atoms with Crippen LogP contribution in [0.4, 0.5) is 0 Å². The zero-order valence-corrected chi connectivity index (χ0v) is 15.3. The number of methoxy groups -OCH3 is 1. The average Bonchev–Trinajstić information content (AvgIpc) is 2.61. The Labute approximate surface area is 148 Å². The zero-order chi connectivity index (χ0) is 18.3. The molecular formula is C16H24N2O6S. The van der Waals surface area contributed by atoms with Gasteiger partial charge in [0.25, 0.3) is 0 Å². The molecule has 1 aromatic rings. The number of hydrogen-bond acceptors (Lipinski definition) is 6. The van der Waals surface area contributed by atoms with E-state index in [4.69, 9.17) is 14.2 Å². The van der Waals surface area contributed by atoms with Crippen LogP contribution in [0.1, 0.15) is 0 Å². The largest absolute Gasteiger partial charge is 0.497 e. The number of sulfonamides is 1. The first kappa shape index (κ1) is 19.5. The molecule has 25 heavy (non-hydrogen) atoms. The standard InChI is InChI=1S/C16H24N2O6S/c1-22-14-3-5-15(6-4-14)24-12-9-18(25(2,20)21)13-16(19)17-7-10-23-11-8-17/h3-6H,7-13H2,1-2H3. The van der Waals surface area contributed by atoms with E-state index in [1.165, 1.54) is 0 Å². The topological polar surface area (TPSA) is 85.4 Å². The van der Waals surface area contributed by atoms with Crippen LogP contribution in [0.5, 0.6) is 11.5 Å². The Morgan fingerprint density at radius 3 is 2.36 bits per heavy atom. The summed E-state index contributed by atoms with van der Waals surface area (Å²) in [6, 6.07) is 6.99. The number of amides is 1. The van der Waals surface area contributed by atoms with E-state index in [0.29, 0.717) is 37.8 Å². The monoisotopic (exact) mass is 372 g/mol. The predicted octanol–water partition coefficient (Wildman–Crippen LogP) is 0.194. The smallest absolute Gasteiger partial charge is 0.238 e. The van der Waals surface area contributed by atoms with Gasteiger partial charge in [0, 0.05) is 19.6 Å². The predicted molar refractivity (Wildman–Crippen MR) is 92.3 cm³/mol. The van der Waals surface area contributed by atoms with E-state index in [1.807, 2.05) is 0 Å². The van der Waals surface area contributed by atoms with Crippen molar-refractivity contribution in [1.82, 2.24) is 9.21 Å². The third kappa shape index (κ3) is 6.18. The van der Waals surface area contributed by atoms with E-state index in [2.05, 4.69) is 0 Å². The highest BCUT2D eigenvalue weighted by atomic mass is 32.2. The summed E-state index contributed by atoms with van der Waals surface area (Å²) < 4.78 is 40.8. The highest BCUT2D eigenvalue weighted by molar-refractivity contribution is 7.88. The Kier molecular flexibility index (Phi) is 7.03. The van der Waals surface area contributed by atoms with Gasteiger partial charge in [0.1, 0.15) is 18.1 Å². The van der Waals surface area contributed by atoms with E-state index in [9.17, 15) is 13.2 Å². The van der Waals surface area contributed by atoms with E-state index in [-0.39, 0.29) is 25.6 Å². The second-order valence-electron chi connectivity index (χ2n) is 5.61. The maximum Gasteiger partial charge on any atom is 0.238 e. The fourth-order valence-electron chi connectivity index (χ4n) is 2.36. The molecule has 1 fully saturated rings. The number of hydrogen-bond donors (Lipinski definition) is 0. The molecule has 0 atom stereocenters. The first-order valence-electron chi connectivity index (χ1n) is 7.97. The lowest BCUT2D eigenvalue weighted by Crippen LogP contribution is -2.47. The molecule has 0 bridgehead atoms. The SMILES string of the molecule is COc1ccc(OCCN(CC(=O)N2CCOCC2)S(C)(=O)=O)cc1. The summed E-state index contributed by atoms with van der Waals surface area (Å²) in [4.78, 5) is 13.9. The van der Waals surface area contributed by atoms with Gasteiger partial charge in [-0.25, -0.2) is 8.42 Å². The molecule has 2 rings (SSSR count). The highest BCUT2D eigenvalue weighted by Crippen LogP contribution is 2.17. The normalized spacial score (nSPS) is 15.2. The van der Waals surface area contributed by atoms with Gasteiger partial charge in [-0.2, -0.15) is 4.31 Å². The summed E-state index contributed by atoms with van der Waals surface area (Å²) in [5, 5.41) is 0. The fourth-order valence-corrected chi connectivity index (χ4v) is 3.11. The Morgan fingerprint density at radius 1 is 1.20 bits per heavy atom. The summed E-state index contributed by atoms with van der Waals surface area (Å²) >= 11 is 0. The maximum absolute atomic E-state index is 12.3. The van der Waals surface area contributed by atoms with Gasteiger partial charge >= 0.3 is 0 Å². The molecule has 0 unspecified atom stereocenters. The van der Waals surface area contributed by atoms with Gasteiger partial charge in [-0.1, -0.05) is 0 Å². The lowest BCUT2D eigenvalue weighted by Gasteiger charge is -2.29. The molecule has 1 aliphatic rings. The van der Waals surface area contributed by atoms with Gasteiger partial charge in [-0.05, 0) is 24.3 Å². The lowest BCUT2D eigenvalue weighted by atomic mass is 10.3. The Morgan fingerprint density at radius 2 is 1.80 bits per heavy atom. The van der Waals surface area contributed by atoms with Crippen molar-refractivity contribution in [3.05, 3.63) is 24.3 Å². The summed E-state index contributed by atoms with van der Waals surface area (Å²) in [5.41, 5.74) is 0. The van der Waals surface area contributed by atoms with Crippen LogP contribution in [-0.4, -0.2) is 82.9 Å². The van der Waals surface area contributed by atoms with E-state index >= 15 is 0 Å². The van der Waals surface area contributed by atoms with Crippen molar-refractivity contribution < 1.29 is 27.4 Å². The van der Waals surface area contributed by atoms with E-state index < -0.39 is 10.0 Å². The van der Waals surface area contributed by atoms with E-state index in [0.717, 1.165) is 10.6 Å². The van der Waals surface area contributed by atoms with Crippen molar-refractivity contribution >= 4 is 15.9 Å². The first-order chi connectivity index (χ1) is 11.9. The van der Waals surface area contributed by atoms with Gasteiger partial charge in [0.05, 0.1) is 33.1 Å². The van der Waals surface area contributed by atoms with Gasteiger partial charge < -0.3 is 19.1 Å². The summed E-state index contributed by atoms with van der Waals surface area (Å²) in [6.07, 6.45) is 1.09. The van der Waals surface area contributed by atoms with E-state index in [1.54, 1.807) is 36.3 Å². The summed E-state index contributed by atoms with van der Waals surface area (Å²) in [5.74, 6) is 1.09. The highest BCUT2D eigenvalue weighted by Gasteiger charge is 2.24. The molecule has 0 aliphatic carbocycles. The Hall–Kier alpha value is -1.84. The molecular weight excluding hydrogens is 348 g/mol. The third-order valence-corrected chi connectivity index (χ3v) is 5.06. The van der Waals surface area contributed by atoms with Crippen molar-refractivity contribution in [2.75, 3.05) is 59.4 Å². The van der Waals surface area contributed by atoms with Crippen LogP contribution in [0.2, 0.25) is 0 Å². The molecule has 1 saturated heterocycles. The Balaban J connectivity index is 1.87.